The first-order valence-corrected chi connectivity index (χ1v) is 8.37. The van der Waals surface area contributed by atoms with Gasteiger partial charge in [-0.05, 0) is 49.5 Å². The smallest absolute Gasteiger partial charge is 0.134 e. The van der Waals surface area contributed by atoms with Gasteiger partial charge in [0.15, 0.2) is 0 Å². The minimum absolute atomic E-state index is 0.664. The summed E-state index contributed by atoms with van der Waals surface area (Å²) in [4.78, 5) is 8.11. The van der Waals surface area contributed by atoms with Crippen LogP contribution in [0.5, 0.6) is 0 Å². The Morgan fingerprint density at radius 3 is 2.59 bits per heavy atom. The minimum Gasteiger partial charge on any atom is -0.378 e. The topological polar surface area (TPSA) is 39.9 Å². The number of allylic oxidation sites excluding steroid dienone is 1. The highest BCUT2D eigenvalue weighted by Gasteiger charge is 2.17. The third kappa shape index (κ3) is 3.05. The molecule has 1 aromatic heterocycles. The molecule has 0 N–H and O–H groups in total. The Balaban J connectivity index is 1.90. The molecule has 3 rings (SSSR count). The Morgan fingerprint density at radius 2 is 1.95 bits per heavy atom. The predicted molar refractivity (Wildman–Crippen MR) is 93.0 cm³/mol. The normalized spacial score (nSPS) is 14.3. The van der Waals surface area contributed by atoms with Crippen molar-refractivity contribution in [1.29, 1.82) is 5.26 Å². The van der Waals surface area contributed by atoms with Gasteiger partial charge >= 0.3 is 0 Å². The molecule has 22 heavy (non-hydrogen) atoms. The van der Waals surface area contributed by atoms with Gasteiger partial charge in [0, 0.05) is 24.7 Å². The Hall–Kier alpha value is -2.12. The molecule has 0 radical (unpaired) electrons. The summed E-state index contributed by atoms with van der Waals surface area (Å²) in [5, 5.41) is 10.4. The number of nitriles is 1. The van der Waals surface area contributed by atoms with Crippen molar-refractivity contribution in [3.05, 3.63) is 45.4 Å². The summed E-state index contributed by atoms with van der Waals surface area (Å²) in [5.41, 5.74) is 4.06. The lowest BCUT2D eigenvalue weighted by atomic mass is 10.0. The Morgan fingerprint density at radius 1 is 1.23 bits per heavy atom. The molecule has 0 saturated carbocycles. The van der Waals surface area contributed by atoms with E-state index in [4.69, 9.17) is 0 Å². The number of benzene rings is 1. The number of fused-ring (bicyclic) bond motifs is 1. The molecule has 1 aromatic carbocycles. The van der Waals surface area contributed by atoms with Crippen molar-refractivity contribution < 1.29 is 0 Å². The number of hydrogen-bond acceptors (Lipinski definition) is 4. The lowest BCUT2D eigenvalue weighted by Gasteiger charge is -2.11. The maximum atomic E-state index is 9.48. The van der Waals surface area contributed by atoms with Crippen molar-refractivity contribution in [1.82, 2.24) is 4.98 Å². The number of aromatic nitrogens is 1. The second kappa shape index (κ2) is 6.33. The van der Waals surface area contributed by atoms with Gasteiger partial charge in [0.1, 0.15) is 11.1 Å². The van der Waals surface area contributed by atoms with Gasteiger partial charge in [-0.3, -0.25) is 0 Å². The van der Waals surface area contributed by atoms with E-state index in [1.165, 1.54) is 23.4 Å². The molecule has 0 saturated heterocycles. The van der Waals surface area contributed by atoms with Crippen LogP contribution in [0.3, 0.4) is 0 Å². The van der Waals surface area contributed by atoms with Crippen molar-refractivity contribution in [3.63, 3.8) is 0 Å². The molecule has 0 bridgehead atoms. The van der Waals surface area contributed by atoms with Crippen LogP contribution < -0.4 is 4.90 Å². The van der Waals surface area contributed by atoms with Gasteiger partial charge < -0.3 is 4.90 Å². The molecule has 2 aromatic rings. The first kappa shape index (κ1) is 14.8. The highest BCUT2D eigenvalue weighted by atomic mass is 32.1. The second-order valence-electron chi connectivity index (χ2n) is 5.75. The fourth-order valence-electron chi connectivity index (χ4n) is 2.64. The number of rotatable bonds is 3. The SMILES string of the molecule is CN(C)c1ccc(/C=C(\C#N)c2nc3c(s2)CCCC3)cc1. The van der Waals surface area contributed by atoms with Gasteiger partial charge in [0.25, 0.3) is 0 Å². The number of nitrogens with zero attached hydrogens (tertiary/aromatic N) is 3. The summed E-state index contributed by atoms with van der Waals surface area (Å²) >= 11 is 1.69. The minimum atomic E-state index is 0.664. The van der Waals surface area contributed by atoms with E-state index < -0.39 is 0 Å². The lowest BCUT2D eigenvalue weighted by Crippen LogP contribution is -2.07. The molecule has 0 unspecified atom stereocenters. The van der Waals surface area contributed by atoms with E-state index in [1.54, 1.807) is 11.3 Å². The number of anilines is 1. The molecule has 0 aliphatic heterocycles. The molecular weight excluding hydrogens is 290 g/mol. The summed E-state index contributed by atoms with van der Waals surface area (Å²) in [7, 11) is 4.04. The van der Waals surface area contributed by atoms with Crippen molar-refractivity contribution in [3.8, 4) is 6.07 Å². The van der Waals surface area contributed by atoms with Gasteiger partial charge in [-0.15, -0.1) is 11.3 Å². The van der Waals surface area contributed by atoms with Crippen molar-refractivity contribution in [2.75, 3.05) is 19.0 Å². The van der Waals surface area contributed by atoms with Crippen LogP contribution in [-0.4, -0.2) is 19.1 Å². The van der Waals surface area contributed by atoms with E-state index in [0.29, 0.717) is 5.57 Å². The summed E-state index contributed by atoms with van der Waals surface area (Å²) in [6.07, 6.45) is 6.56. The molecule has 1 heterocycles. The summed E-state index contributed by atoms with van der Waals surface area (Å²) in [5.74, 6) is 0. The molecule has 112 valence electrons. The Bertz CT molecular complexity index is 709. The van der Waals surface area contributed by atoms with Crippen molar-refractivity contribution in [2.24, 2.45) is 0 Å². The van der Waals surface area contributed by atoms with E-state index in [1.807, 2.05) is 32.3 Å². The van der Waals surface area contributed by atoms with Crippen LogP contribution in [0.25, 0.3) is 11.6 Å². The largest absolute Gasteiger partial charge is 0.378 e. The van der Waals surface area contributed by atoms with Gasteiger partial charge in [-0.1, -0.05) is 12.1 Å². The first-order chi connectivity index (χ1) is 10.7. The van der Waals surface area contributed by atoms with E-state index >= 15 is 0 Å². The van der Waals surface area contributed by atoms with E-state index in [2.05, 4.69) is 28.1 Å². The highest BCUT2D eigenvalue weighted by molar-refractivity contribution is 7.13. The van der Waals surface area contributed by atoms with E-state index in [9.17, 15) is 5.26 Å². The van der Waals surface area contributed by atoms with Gasteiger partial charge in [0.05, 0.1) is 11.3 Å². The van der Waals surface area contributed by atoms with Crippen LogP contribution in [0.2, 0.25) is 0 Å². The quantitative estimate of drug-likeness (QED) is 0.800. The number of aryl methyl sites for hydroxylation is 2. The molecule has 0 fully saturated rings. The van der Waals surface area contributed by atoms with Crippen LogP contribution in [0.1, 0.15) is 34.0 Å². The monoisotopic (exact) mass is 309 g/mol. The lowest BCUT2D eigenvalue weighted by molar-refractivity contribution is 0.682. The molecule has 0 spiro atoms. The van der Waals surface area contributed by atoms with Gasteiger partial charge in [0.2, 0.25) is 0 Å². The second-order valence-corrected chi connectivity index (χ2v) is 6.84. The molecule has 1 aliphatic carbocycles. The Kier molecular flexibility index (Phi) is 4.26. The molecule has 0 atom stereocenters. The molecule has 0 amide bonds. The number of thiazole rings is 1. The first-order valence-electron chi connectivity index (χ1n) is 7.55. The Labute approximate surface area is 135 Å². The average molecular weight is 309 g/mol. The zero-order valence-electron chi connectivity index (χ0n) is 13.0. The fraction of sp³-hybridized carbons (Fsp3) is 0.333. The zero-order chi connectivity index (χ0) is 15.5. The highest BCUT2D eigenvalue weighted by Crippen LogP contribution is 2.31. The summed E-state index contributed by atoms with van der Waals surface area (Å²) in [6, 6.07) is 10.5. The van der Waals surface area contributed by atoms with Crippen molar-refractivity contribution >= 4 is 28.7 Å². The van der Waals surface area contributed by atoms with Crippen molar-refractivity contribution in [2.45, 2.75) is 25.7 Å². The summed E-state index contributed by atoms with van der Waals surface area (Å²) in [6.45, 7) is 0. The summed E-state index contributed by atoms with van der Waals surface area (Å²) < 4.78 is 0. The third-order valence-corrected chi connectivity index (χ3v) is 5.11. The predicted octanol–water partition coefficient (Wildman–Crippen LogP) is 4.15. The van der Waals surface area contributed by atoms with Crippen LogP contribution in [-0.2, 0) is 12.8 Å². The van der Waals surface area contributed by atoms with Crippen LogP contribution in [0, 0.1) is 11.3 Å². The zero-order valence-corrected chi connectivity index (χ0v) is 13.8. The van der Waals surface area contributed by atoms with Gasteiger partial charge in [-0.2, -0.15) is 5.26 Å². The molecule has 3 nitrogen and oxygen atoms in total. The fourth-order valence-corrected chi connectivity index (χ4v) is 3.76. The van der Waals surface area contributed by atoms with Gasteiger partial charge in [-0.25, -0.2) is 4.98 Å². The van der Waals surface area contributed by atoms with Crippen LogP contribution >= 0.6 is 11.3 Å². The number of hydrogen-bond donors (Lipinski definition) is 0. The maximum absolute atomic E-state index is 9.48. The maximum Gasteiger partial charge on any atom is 0.134 e. The third-order valence-electron chi connectivity index (χ3n) is 3.92. The van der Waals surface area contributed by atoms with E-state index in [0.717, 1.165) is 29.1 Å². The molecular formula is C18H19N3S. The standard InChI is InChI=1S/C18H19N3S/c1-21(2)15-9-7-13(8-10-15)11-14(12-19)18-20-16-5-3-4-6-17(16)22-18/h7-11H,3-6H2,1-2H3/b14-11+. The average Bonchev–Trinajstić information content (AvgIpc) is 2.96. The molecule has 1 aliphatic rings. The molecule has 4 heteroatoms. The van der Waals surface area contributed by atoms with E-state index in [-0.39, 0.29) is 0 Å². The van der Waals surface area contributed by atoms with Crippen LogP contribution in [0.4, 0.5) is 5.69 Å². The van der Waals surface area contributed by atoms with Crippen LogP contribution in [0.15, 0.2) is 24.3 Å².